The monoisotopic (exact) mass is 469 g/mol. The maximum Gasteiger partial charge on any atom is 0.258 e. The van der Waals surface area contributed by atoms with Gasteiger partial charge in [0, 0.05) is 12.1 Å². The zero-order valence-corrected chi connectivity index (χ0v) is 19.0. The molecular formula is C20H21Cl2N3O6. The second kappa shape index (κ2) is 10.8. The first kappa shape index (κ1) is 24.2. The lowest BCUT2D eigenvalue weighted by molar-refractivity contribution is -0.126. The van der Waals surface area contributed by atoms with Gasteiger partial charge in [-0.05, 0) is 19.1 Å². The minimum atomic E-state index is -1.47. The molecule has 0 aromatic heterocycles. The molecule has 1 unspecified atom stereocenters. The van der Waals surface area contributed by atoms with E-state index >= 15 is 0 Å². The van der Waals surface area contributed by atoms with E-state index in [1.165, 1.54) is 41.4 Å². The highest BCUT2D eigenvalue weighted by Crippen LogP contribution is 2.42. The Kier molecular flexibility index (Phi) is 8.47. The zero-order valence-electron chi connectivity index (χ0n) is 17.5. The van der Waals surface area contributed by atoms with E-state index in [2.05, 4.69) is 15.5 Å². The molecule has 31 heavy (non-hydrogen) atoms. The molecule has 0 saturated carbocycles. The average molecular weight is 470 g/mol. The second-order valence-corrected chi connectivity index (χ2v) is 6.80. The smallest absolute Gasteiger partial charge is 0.258 e. The van der Waals surface area contributed by atoms with Crippen molar-refractivity contribution >= 4 is 46.3 Å². The highest BCUT2D eigenvalue weighted by molar-refractivity contribution is 6.35. The number of carbonyl (C=O) groups is 2. The number of amides is 1. The summed E-state index contributed by atoms with van der Waals surface area (Å²) in [6.45, 7) is 1.21. The molecule has 0 bridgehead atoms. The van der Waals surface area contributed by atoms with Gasteiger partial charge in [0.15, 0.2) is 5.78 Å². The van der Waals surface area contributed by atoms with E-state index in [-0.39, 0.29) is 32.9 Å². The molecule has 0 radical (unpaired) electrons. The van der Waals surface area contributed by atoms with Crippen LogP contribution >= 0.6 is 23.2 Å². The van der Waals surface area contributed by atoms with Crippen LogP contribution in [-0.4, -0.2) is 46.2 Å². The highest BCUT2D eigenvalue weighted by Gasteiger charge is 2.25. The zero-order chi connectivity index (χ0) is 23.1. The first-order valence-electron chi connectivity index (χ1n) is 8.81. The van der Waals surface area contributed by atoms with Gasteiger partial charge in [-0.25, -0.2) is 0 Å². The Morgan fingerprint density at radius 3 is 2.06 bits per heavy atom. The van der Waals surface area contributed by atoms with Crippen LogP contribution in [0.25, 0.3) is 0 Å². The quantitative estimate of drug-likeness (QED) is 0.420. The molecule has 0 spiro atoms. The number of nitrogens with zero attached hydrogens (tertiary/aromatic N) is 2. The molecule has 0 aliphatic heterocycles. The van der Waals surface area contributed by atoms with E-state index in [4.69, 9.17) is 42.1 Å². The summed E-state index contributed by atoms with van der Waals surface area (Å²) in [6.07, 6.45) is 0. The van der Waals surface area contributed by atoms with Gasteiger partial charge in [-0.1, -0.05) is 23.2 Å². The summed E-state index contributed by atoms with van der Waals surface area (Å²) in [5.41, 5.74) is 0.296. The van der Waals surface area contributed by atoms with E-state index in [0.717, 1.165) is 0 Å². The lowest BCUT2D eigenvalue weighted by atomic mass is 10.2. The largest absolute Gasteiger partial charge is 0.497 e. The van der Waals surface area contributed by atoms with E-state index in [0.29, 0.717) is 11.5 Å². The van der Waals surface area contributed by atoms with Gasteiger partial charge in [0.05, 0.1) is 34.1 Å². The fourth-order valence-electron chi connectivity index (χ4n) is 2.51. The Bertz CT molecular complexity index is 1010. The van der Waals surface area contributed by atoms with Crippen molar-refractivity contribution in [3.63, 3.8) is 0 Å². The summed E-state index contributed by atoms with van der Waals surface area (Å²) < 4.78 is 20.7. The number of carbonyl (C=O) groups excluding carboxylic acids is 2. The van der Waals surface area contributed by atoms with Crippen molar-refractivity contribution in [1.29, 1.82) is 0 Å². The standard InChI is InChI=1S/C20H21Cl2N3O6/c1-10(26)18(24-25-19-14(30-4)7-6-13(29-3)17(19)22)20(27)23-12-8-11(28-2)9-15(31-5)16(12)21/h6-9,18H,1-5H3,(H,23,27). The van der Waals surface area contributed by atoms with Crippen LogP contribution in [0.2, 0.25) is 10.0 Å². The molecule has 1 N–H and O–H groups in total. The van der Waals surface area contributed by atoms with Gasteiger partial charge >= 0.3 is 0 Å². The number of nitrogens with one attached hydrogen (secondary N) is 1. The molecule has 11 heteroatoms. The van der Waals surface area contributed by atoms with Crippen molar-refractivity contribution in [2.75, 3.05) is 33.8 Å². The number of azo groups is 1. The van der Waals surface area contributed by atoms with Crippen molar-refractivity contribution in [2.24, 2.45) is 10.2 Å². The van der Waals surface area contributed by atoms with Gasteiger partial charge in [-0.3, -0.25) is 9.59 Å². The van der Waals surface area contributed by atoms with Crippen molar-refractivity contribution in [3.05, 3.63) is 34.3 Å². The van der Waals surface area contributed by atoms with Gasteiger partial charge in [0.1, 0.15) is 38.7 Å². The van der Waals surface area contributed by atoms with Gasteiger partial charge in [0.25, 0.3) is 5.91 Å². The molecule has 0 saturated heterocycles. The highest BCUT2D eigenvalue weighted by atomic mass is 35.5. The van der Waals surface area contributed by atoms with Crippen molar-refractivity contribution < 1.29 is 28.5 Å². The van der Waals surface area contributed by atoms with Gasteiger partial charge < -0.3 is 24.3 Å². The number of hydrogen-bond acceptors (Lipinski definition) is 8. The number of anilines is 1. The number of hydrogen-bond donors (Lipinski definition) is 1. The molecule has 0 heterocycles. The first-order chi connectivity index (χ1) is 14.8. The predicted molar refractivity (Wildman–Crippen MR) is 117 cm³/mol. The van der Waals surface area contributed by atoms with Crippen LogP contribution in [0, 0.1) is 0 Å². The fourth-order valence-corrected chi connectivity index (χ4v) is 3.01. The summed E-state index contributed by atoms with van der Waals surface area (Å²) in [6, 6.07) is 4.73. The number of ketones is 1. The maximum absolute atomic E-state index is 12.8. The summed E-state index contributed by atoms with van der Waals surface area (Å²) >= 11 is 12.5. The molecule has 1 atom stereocenters. The average Bonchev–Trinajstić information content (AvgIpc) is 2.75. The fraction of sp³-hybridized carbons (Fsp3) is 0.300. The van der Waals surface area contributed by atoms with Crippen LogP contribution in [0.1, 0.15) is 6.92 Å². The van der Waals surface area contributed by atoms with E-state index in [1.54, 1.807) is 18.2 Å². The van der Waals surface area contributed by atoms with E-state index < -0.39 is 17.7 Å². The van der Waals surface area contributed by atoms with Gasteiger partial charge in [-0.2, -0.15) is 5.11 Å². The lowest BCUT2D eigenvalue weighted by Gasteiger charge is -2.14. The van der Waals surface area contributed by atoms with Crippen LogP contribution in [0.5, 0.6) is 23.0 Å². The number of ether oxygens (including phenoxy) is 4. The maximum atomic E-state index is 12.8. The number of benzene rings is 2. The van der Waals surface area contributed by atoms with E-state index in [9.17, 15) is 9.59 Å². The number of Topliss-reactive ketones (excluding diaryl/α,β-unsaturated/α-hetero) is 1. The Morgan fingerprint density at radius 2 is 1.52 bits per heavy atom. The molecule has 9 nitrogen and oxygen atoms in total. The lowest BCUT2D eigenvalue weighted by Crippen LogP contribution is -2.32. The summed E-state index contributed by atoms with van der Waals surface area (Å²) in [5.74, 6) is -0.0133. The molecule has 0 aliphatic carbocycles. The Labute approximate surface area is 189 Å². The molecule has 0 aliphatic rings. The molecule has 2 rings (SSSR count). The predicted octanol–water partition coefficient (Wildman–Crippen LogP) is 4.71. The second-order valence-electron chi connectivity index (χ2n) is 6.04. The Morgan fingerprint density at radius 1 is 0.903 bits per heavy atom. The Balaban J connectivity index is 2.38. The third-order valence-corrected chi connectivity index (χ3v) is 4.87. The molecule has 0 fully saturated rings. The normalized spacial score (nSPS) is 11.7. The van der Waals surface area contributed by atoms with Gasteiger partial charge in [0.2, 0.25) is 6.04 Å². The molecule has 1 amide bonds. The first-order valence-corrected chi connectivity index (χ1v) is 9.57. The number of halogens is 2. The third-order valence-electron chi connectivity index (χ3n) is 4.12. The van der Waals surface area contributed by atoms with E-state index in [1.807, 2.05) is 0 Å². The van der Waals surface area contributed by atoms with Crippen LogP contribution in [0.15, 0.2) is 34.5 Å². The number of methoxy groups -OCH3 is 4. The van der Waals surface area contributed by atoms with Crippen molar-refractivity contribution in [3.8, 4) is 23.0 Å². The molecule has 2 aromatic rings. The molecule has 166 valence electrons. The van der Waals surface area contributed by atoms with Gasteiger partial charge in [-0.15, -0.1) is 5.11 Å². The Hall–Kier alpha value is -3.04. The number of rotatable bonds is 9. The van der Waals surface area contributed by atoms with Crippen LogP contribution in [-0.2, 0) is 9.59 Å². The topological polar surface area (TPSA) is 108 Å². The third kappa shape index (κ3) is 5.56. The summed E-state index contributed by atoms with van der Waals surface area (Å²) in [4.78, 5) is 24.9. The summed E-state index contributed by atoms with van der Waals surface area (Å²) in [7, 11) is 5.73. The molecule has 2 aromatic carbocycles. The van der Waals surface area contributed by atoms with Crippen LogP contribution in [0.4, 0.5) is 11.4 Å². The van der Waals surface area contributed by atoms with Crippen LogP contribution in [0.3, 0.4) is 0 Å². The minimum Gasteiger partial charge on any atom is -0.497 e. The summed E-state index contributed by atoms with van der Waals surface area (Å²) in [5, 5.41) is 10.7. The van der Waals surface area contributed by atoms with Crippen molar-refractivity contribution in [2.45, 2.75) is 13.0 Å². The SMILES string of the molecule is COc1cc(NC(=O)C(N=Nc2c(OC)ccc(OC)c2Cl)C(C)=O)c(Cl)c(OC)c1. The van der Waals surface area contributed by atoms with Crippen molar-refractivity contribution in [1.82, 2.24) is 0 Å². The molecular weight excluding hydrogens is 449 g/mol. The minimum absolute atomic E-state index is 0.114. The van der Waals surface area contributed by atoms with Crippen LogP contribution < -0.4 is 24.3 Å².